The molecule has 0 amide bonds. The minimum atomic E-state index is -3.17. The lowest BCUT2D eigenvalue weighted by Crippen LogP contribution is -2.03. The number of halogens is 3. The summed E-state index contributed by atoms with van der Waals surface area (Å²) in [5.41, 5.74) is 2.25. The summed E-state index contributed by atoms with van der Waals surface area (Å²) in [4.78, 5) is 9.06. The third kappa shape index (κ3) is 1.61. The molecule has 0 radical (unpaired) electrons. The molecule has 1 rings (SSSR count). The smallest absolute Gasteiger partial charge is 0.315 e. The molecule has 0 heterocycles. The molecule has 1 aromatic rings. The largest absolute Gasteiger partial charge is 0.398 e. The molecule has 0 atom stereocenters. The van der Waals surface area contributed by atoms with Crippen molar-refractivity contribution in [2.24, 2.45) is 0 Å². The van der Waals surface area contributed by atoms with Crippen LogP contribution in [0.25, 0.3) is 0 Å². The minimum Gasteiger partial charge on any atom is -0.398 e. The van der Waals surface area contributed by atoms with E-state index in [1.807, 2.05) is 0 Å². The van der Waals surface area contributed by atoms with Crippen molar-refractivity contribution in [3.05, 3.63) is 33.6 Å². The summed E-state index contributed by atoms with van der Waals surface area (Å²) in [6, 6.07) is 1.54. The molecule has 7 heteroatoms. The normalized spacial score (nSPS) is 10.6. The number of rotatable bonds is 2. The first-order chi connectivity index (χ1) is 6.45. The Labute approximate surface area is 76.3 Å². The third-order valence-corrected chi connectivity index (χ3v) is 1.60. The van der Waals surface area contributed by atoms with E-state index in [-0.39, 0.29) is 0 Å². The number of nitrogens with zero attached hydrogens (tertiary/aromatic N) is 1. The van der Waals surface area contributed by atoms with Crippen molar-refractivity contribution in [3.8, 4) is 0 Å². The van der Waals surface area contributed by atoms with Crippen LogP contribution in [0.4, 0.5) is 24.5 Å². The molecule has 14 heavy (non-hydrogen) atoms. The Morgan fingerprint density at radius 2 is 2.00 bits per heavy atom. The van der Waals surface area contributed by atoms with Crippen molar-refractivity contribution in [1.82, 2.24) is 0 Å². The molecular formula is C7H5F3N2O2. The Hall–Kier alpha value is -1.79. The van der Waals surface area contributed by atoms with Crippen LogP contribution >= 0.6 is 0 Å². The van der Waals surface area contributed by atoms with Crippen LogP contribution in [-0.2, 0) is 0 Å². The first-order valence-corrected chi connectivity index (χ1v) is 3.45. The van der Waals surface area contributed by atoms with Gasteiger partial charge >= 0.3 is 5.69 Å². The molecule has 2 N–H and O–H groups in total. The van der Waals surface area contributed by atoms with Crippen LogP contribution in [0.2, 0.25) is 0 Å². The SMILES string of the molecule is Nc1ccc(F)c([N+](=O)[O-])c1C(F)F. The highest BCUT2D eigenvalue weighted by Gasteiger charge is 2.28. The zero-order valence-corrected chi connectivity index (χ0v) is 6.71. The average Bonchev–Trinajstić information content (AvgIpc) is 2.07. The minimum absolute atomic E-state index is 0.492. The van der Waals surface area contributed by atoms with Gasteiger partial charge in [0.2, 0.25) is 5.82 Å². The highest BCUT2D eigenvalue weighted by molar-refractivity contribution is 5.59. The number of nitrogen functional groups attached to an aromatic ring is 1. The second-order valence-electron chi connectivity index (χ2n) is 2.46. The number of hydrogen-bond acceptors (Lipinski definition) is 3. The molecule has 76 valence electrons. The first kappa shape index (κ1) is 10.3. The van der Waals surface area contributed by atoms with E-state index < -0.39 is 34.1 Å². The van der Waals surface area contributed by atoms with Crippen LogP contribution in [-0.4, -0.2) is 4.92 Å². The molecule has 0 aliphatic heterocycles. The van der Waals surface area contributed by atoms with Crippen molar-refractivity contribution in [2.75, 3.05) is 5.73 Å². The fourth-order valence-corrected chi connectivity index (χ4v) is 1.01. The Bertz CT molecular complexity index is 381. The molecule has 1 aromatic carbocycles. The molecule has 0 aliphatic carbocycles. The second-order valence-corrected chi connectivity index (χ2v) is 2.46. The number of benzene rings is 1. The number of hydrogen-bond donors (Lipinski definition) is 1. The summed E-state index contributed by atoms with van der Waals surface area (Å²) in [6.45, 7) is 0. The van der Waals surface area contributed by atoms with Crippen LogP contribution in [0.1, 0.15) is 12.0 Å². The second kappa shape index (κ2) is 3.52. The number of nitro groups is 1. The zero-order valence-electron chi connectivity index (χ0n) is 6.71. The topological polar surface area (TPSA) is 69.2 Å². The molecule has 4 nitrogen and oxygen atoms in total. The van der Waals surface area contributed by atoms with Gasteiger partial charge in [-0.25, -0.2) is 8.78 Å². The lowest BCUT2D eigenvalue weighted by Gasteiger charge is -2.05. The summed E-state index contributed by atoms with van der Waals surface area (Å²) in [6.07, 6.45) is -3.17. The van der Waals surface area contributed by atoms with Crippen molar-refractivity contribution >= 4 is 11.4 Å². The average molecular weight is 206 g/mol. The van der Waals surface area contributed by atoms with E-state index in [1.54, 1.807) is 0 Å². The van der Waals surface area contributed by atoms with Crippen LogP contribution in [0, 0.1) is 15.9 Å². The lowest BCUT2D eigenvalue weighted by atomic mass is 10.1. The molecular weight excluding hydrogens is 201 g/mol. The third-order valence-electron chi connectivity index (χ3n) is 1.60. The van der Waals surface area contributed by atoms with Gasteiger partial charge < -0.3 is 5.73 Å². The summed E-state index contributed by atoms with van der Waals surface area (Å²) in [5, 5.41) is 10.3. The summed E-state index contributed by atoms with van der Waals surface area (Å²) in [5.74, 6) is -1.32. The van der Waals surface area contributed by atoms with E-state index >= 15 is 0 Å². The van der Waals surface area contributed by atoms with E-state index in [0.29, 0.717) is 6.07 Å². The molecule has 0 aromatic heterocycles. The molecule has 0 spiro atoms. The highest BCUT2D eigenvalue weighted by Crippen LogP contribution is 2.35. The summed E-state index contributed by atoms with van der Waals surface area (Å²) in [7, 11) is 0. The molecule has 0 bridgehead atoms. The van der Waals surface area contributed by atoms with Gasteiger partial charge in [0.25, 0.3) is 6.43 Å². The first-order valence-electron chi connectivity index (χ1n) is 3.45. The summed E-state index contributed by atoms with van der Waals surface area (Å²) < 4.78 is 37.4. The van der Waals surface area contributed by atoms with Crippen molar-refractivity contribution < 1.29 is 18.1 Å². The monoisotopic (exact) mass is 206 g/mol. The van der Waals surface area contributed by atoms with E-state index in [1.165, 1.54) is 0 Å². The Morgan fingerprint density at radius 1 is 1.43 bits per heavy atom. The zero-order chi connectivity index (χ0) is 10.9. The maximum absolute atomic E-state index is 12.8. The van der Waals surface area contributed by atoms with Crippen molar-refractivity contribution in [3.63, 3.8) is 0 Å². The number of anilines is 1. The predicted octanol–water partition coefficient (Wildman–Crippen LogP) is 2.25. The van der Waals surface area contributed by atoms with Gasteiger partial charge in [-0.3, -0.25) is 10.1 Å². The fourth-order valence-electron chi connectivity index (χ4n) is 1.01. The van der Waals surface area contributed by atoms with Gasteiger partial charge in [0.15, 0.2) is 0 Å². The van der Waals surface area contributed by atoms with Gasteiger partial charge in [-0.2, -0.15) is 4.39 Å². The van der Waals surface area contributed by atoms with Gasteiger partial charge in [-0.15, -0.1) is 0 Å². The molecule has 0 saturated heterocycles. The van der Waals surface area contributed by atoms with Crippen LogP contribution < -0.4 is 5.73 Å². The Kier molecular flexibility index (Phi) is 2.59. The van der Waals surface area contributed by atoms with E-state index in [4.69, 9.17) is 5.73 Å². The van der Waals surface area contributed by atoms with Crippen LogP contribution in [0.5, 0.6) is 0 Å². The molecule has 0 fully saturated rings. The fraction of sp³-hybridized carbons (Fsp3) is 0.143. The molecule has 0 saturated carbocycles. The van der Waals surface area contributed by atoms with Gasteiger partial charge in [0.05, 0.1) is 4.92 Å². The maximum Gasteiger partial charge on any atom is 0.315 e. The Balaban J connectivity index is 3.50. The van der Waals surface area contributed by atoms with Gasteiger partial charge in [-0.1, -0.05) is 0 Å². The van der Waals surface area contributed by atoms with Gasteiger partial charge in [0.1, 0.15) is 5.56 Å². The van der Waals surface area contributed by atoms with Crippen molar-refractivity contribution in [2.45, 2.75) is 6.43 Å². The summed E-state index contributed by atoms with van der Waals surface area (Å²) >= 11 is 0. The Morgan fingerprint density at radius 3 is 2.36 bits per heavy atom. The maximum atomic E-state index is 12.8. The molecule has 0 aliphatic rings. The van der Waals surface area contributed by atoms with Crippen molar-refractivity contribution in [1.29, 1.82) is 0 Å². The molecule has 0 unspecified atom stereocenters. The number of nitro benzene ring substituents is 1. The van der Waals surface area contributed by atoms with Crippen LogP contribution in [0.3, 0.4) is 0 Å². The highest BCUT2D eigenvalue weighted by atomic mass is 19.3. The van der Waals surface area contributed by atoms with Crippen LogP contribution in [0.15, 0.2) is 12.1 Å². The van der Waals surface area contributed by atoms with E-state index in [2.05, 4.69) is 0 Å². The quantitative estimate of drug-likeness (QED) is 0.458. The van der Waals surface area contributed by atoms with Gasteiger partial charge in [-0.05, 0) is 12.1 Å². The van der Waals surface area contributed by atoms with Gasteiger partial charge in [0, 0.05) is 5.69 Å². The predicted molar refractivity (Wildman–Crippen MR) is 42.4 cm³/mol. The van der Waals surface area contributed by atoms with E-state index in [0.717, 1.165) is 6.07 Å². The lowest BCUT2D eigenvalue weighted by molar-refractivity contribution is -0.388. The van der Waals surface area contributed by atoms with E-state index in [9.17, 15) is 23.3 Å². The number of alkyl halides is 2. The standard InChI is InChI=1S/C7H5F3N2O2/c8-3-1-2-4(11)5(7(9)10)6(3)12(13)14/h1-2,7H,11H2. The number of nitrogens with two attached hydrogens (primary N) is 1.